The topological polar surface area (TPSA) is 93.6 Å². The molecule has 8 heteroatoms. The second-order valence-electron chi connectivity index (χ2n) is 7.62. The van der Waals surface area contributed by atoms with Crippen LogP contribution < -0.4 is 20.7 Å². The van der Waals surface area contributed by atoms with Gasteiger partial charge in [0.25, 0.3) is 11.5 Å². The molecule has 31 heavy (non-hydrogen) atoms. The number of rotatable bonds is 5. The van der Waals surface area contributed by atoms with Crippen LogP contribution in [0.2, 0.25) is 0 Å². The lowest BCUT2D eigenvalue weighted by Gasteiger charge is -2.26. The van der Waals surface area contributed by atoms with Gasteiger partial charge in [-0.05, 0) is 43.0 Å². The van der Waals surface area contributed by atoms with Crippen LogP contribution in [-0.4, -0.2) is 47.7 Å². The summed E-state index contributed by atoms with van der Waals surface area (Å²) in [5, 5.41) is 0.328. The first kappa shape index (κ1) is 20.7. The van der Waals surface area contributed by atoms with E-state index in [2.05, 4.69) is 4.98 Å². The Morgan fingerprint density at radius 1 is 0.968 bits per heavy atom. The molecule has 2 heterocycles. The number of aromatic nitrogens is 2. The molecule has 1 aliphatic rings. The third-order valence-corrected chi connectivity index (χ3v) is 5.67. The van der Waals surface area contributed by atoms with Gasteiger partial charge in [0.05, 0.1) is 31.7 Å². The van der Waals surface area contributed by atoms with Gasteiger partial charge in [-0.3, -0.25) is 14.2 Å². The average Bonchev–Trinajstić information content (AvgIpc) is 2.81. The third kappa shape index (κ3) is 4.05. The Balaban J connectivity index is 1.63. The average molecular weight is 423 g/mol. The number of carbonyl (C=O) groups excluding carboxylic acids is 1. The number of fused-ring (bicyclic) bond motifs is 1. The van der Waals surface area contributed by atoms with Crippen molar-refractivity contribution in [2.24, 2.45) is 0 Å². The number of amides is 1. The van der Waals surface area contributed by atoms with Crippen LogP contribution in [0.15, 0.2) is 46.0 Å². The maximum Gasteiger partial charge on any atom is 0.329 e. The van der Waals surface area contributed by atoms with Gasteiger partial charge in [0.15, 0.2) is 11.5 Å². The standard InChI is InChI=1S/C23H25N3O5/c1-30-19-12-17-18(13-20(19)31-2)24-23(29)26(22(17)28)14-15-6-8-16(9-7-15)21(27)25-10-4-3-5-11-25/h6-9,12-13H,3-5,10-11,14H2,1-2H3,(H,24,29). The van der Waals surface area contributed by atoms with Gasteiger partial charge in [0.1, 0.15) is 0 Å². The number of hydrogen-bond donors (Lipinski definition) is 1. The molecule has 4 rings (SSSR count). The van der Waals surface area contributed by atoms with E-state index in [9.17, 15) is 14.4 Å². The molecule has 8 nitrogen and oxygen atoms in total. The first-order valence-electron chi connectivity index (χ1n) is 10.3. The maximum atomic E-state index is 13.0. The normalized spacial score (nSPS) is 13.9. The number of likely N-dealkylation sites (tertiary alicyclic amines) is 1. The summed E-state index contributed by atoms with van der Waals surface area (Å²) in [4.78, 5) is 42.8. The van der Waals surface area contributed by atoms with Crippen molar-refractivity contribution in [3.63, 3.8) is 0 Å². The Labute approximate surface area is 179 Å². The molecule has 3 aromatic rings. The Kier molecular flexibility index (Phi) is 5.79. The van der Waals surface area contributed by atoms with E-state index >= 15 is 0 Å². The predicted octanol–water partition coefficient (Wildman–Crippen LogP) is 2.38. The summed E-state index contributed by atoms with van der Waals surface area (Å²) < 4.78 is 11.6. The van der Waals surface area contributed by atoms with Crippen LogP contribution in [0.1, 0.15) is 35.2 Å². The highest BCUT2D eigenvalue weighted by atomic mass is 16.5. The SMILES string of the molecule is COc1cc2[nH]c(=O)n(Cc3ccc(C(=O)N4CCCCC4)cc3)c(=O)c2cc1OC. The summed E-state index contributed by atoms with van der Waals surface area (Å²) >= 11 is 0. The van der Waals surface area contributed by atoms with Crippen LogP contribution in [0.5, 0.6) is 11.5 Å². The van der Waals surface area contributed by atoms with E-state index in [0.717, 1.165) is 42.5 Å². The number of carbonyl (C=O) groups is 1. The van der Waals surface area contributed by atoms with E-state index < -0.39 is 11.2 Å². The van der Waals surface area contributed by atoms with E-state index in [1.54, 1.807) is 36.4 Å². The highest BCUT2D eigenvalue weighted by Gasteiger charge is 2.18. The zero-order valence-corrected chi connectivity index (χ0v) is 17.6. The second-order valence-corrected chi connectivity index (χ2v) is 7.62. The van der Waals surface area contributed by atoms with Crippen molar-refractivity contribution in [3.05, 3.63) is 68.4 Å². The highest BCUT2D eigenvalue weighted by molar-refractivity contribution is 5.94. The van der Waals surface area contributed by atoms with Gasteiger partial charge in [0, 0.05) is 24.7 Å². The third-order valence-electron chi connectivity index (χ3n) is 5.67. The van der Waals surface area contributed by atoms with Crippen LogP contribution in [0, 0.1) is 0 Å². The molecule has 0 aliphatic carbocycles. The van der Waals surface area contributed by atoms with Crippen LogP contribution in [-0.2, 0) is 6.54 Å². The van der Waals surface area contributed by atoms with Crippen molar-refractivity contribution in [1.82, 2.24) is 14.5 Å². The molecule has 0 unspecified atom stereocenters. The Bertz CT molecular complexity index is 1220. The van der Waals surface area contributed by atoms with Crippen molar-refractivity contribution in [3.8, 4) is 11.5 Å². The van der Waals surface area contributed by atoms with E-state index in [0.29, 0.717) is 28.0 Å². The van der Waals surface area contributed by atoms with Crippen LogP contribution in [0.4, 0.5) is 0 Å². The molecule has 1 aliphatic heterocycles. The van der Waals surface area contributed by atoms with E-state index in [4.69, 9.17) is 9.47 Å². The number of methoxy groups -OCH3 is 2. The molecule has 1 saturated heterocycles. The van der Waals surface area contributed by atoms with Gasteiger partial charge >= 0.3 is 5.69 Å². The van der Waals surface area contributed by atoms with Crippen molar-refractivity contribution < 1.29 is 14.3 Å². The van der Waals surface area contributed by atoms with Gasteiger partial charge in [0.2, 0.25) is 0 Å². The summed E-state index contributed by atoms with van der Waals surface area (Å²) in [6.45, 7) is 1.67. The largest absolute Gasteiger partial charge is 0.493 e. The minimum Gasteiger partial charge on any atom is -0.493 e. The predicted molar refractivity (Wildman–Crippen MR) is 117 cm³/mol. The van der Waals surface area contributed by atoms with Crippen LogP contribution >= 0.6 is 0 Å². The van der Waals surface area contributed by atoms with Crippen molar-refractivity contribution >= 4 is 16.8 Å². The van der Waals surface area contributed by atoms with E-state index in [-0.39, 0.29) is 12.5 Å². The van der Waals surface area contributed by atoms with Crippen LogP contribution in [0.25, 0.3) is 10.9 Å². The molecule has 1 aromatic heterocycles. The number of piperidine rings is 1. The maximum absolute atomic E-state index is 13.0. The number of benzene rings is 2. The Morgan fingerprint density at radius 3 is 2.26 bits per heavy atom. The quantitative estimate of drug-likeness (QED) is 0.680. The molecule has 162 valence electrons. The fraction of sp³-hybridized carbons (Fsp3) is 0.348. The van der Waals surface area contributed by atoms with Gasteiger partial charge in [-0.1, -0.05) is 12.1 Å². The minimum atomic E-state index is -0.516. The second kappa shape index (κ2) is 8.67. The molecular formula is C23H25N3O5. The number of hydrogen-bond acceptors (Lipinski definition) is 5. The van der Waals surface area contributed by atoms with Crippen molar-refractivity contribution in [2.45, 2.75) is 25.8 Å². The summed E-state index contributed by atoms with van der Waals surface area (Å²) in [5.41, 5.74) is 0.808. The van der Waals surface area contributed by atoms with Gasteiger partial charge < -0.3 is 19.4 Å². The van der Waals surface area contributed by atoms with Crippen molar-refractivity contribution in [1.29, 1.82) is 0 Å². The van der Waals surface area contributed by atoms with Crippen molar-refractivity contribution in [2.75, 3.05) is 27.3 Å². The Hall–Kier alpha value is -3.55. The molecule has 1 N–H and O–H groups in total. The molecule has 1 fully saturated rings. The first-order valence-corrected chi connectivity index (χ1v) is 10.3. The molecule has 1 amide bonds. The monoisotopic (exact) mass is 423 g/mol. The first-order chi connectivity index (χ1) is 15.0. The zero-order valence-electron chi connectivity index (χ0n) is 17.6. The number of nitrogens with one attached hydrogen (secondary N) is 1. The van der Waals surface area contributed by atoms with Crippen LogP contribution in [0.3, 0.4) is 0 Å². The minimum absolute atomic E-state index is 0.0213. The summed E-state index contributed by atoms with van der Waals surface area (Å²) in [6.07, 6.45) is 3.23. The van der Waals surface area contributed by atoms with E-state index in [1.807, 2.05) is 4.90 Å². The molecule has 2 aromatic carbocycles. The molecule has 0 bridgehead atoms. The summed E-state index contributed by atoms with van der Waals surface area (Å²) in [6, 6.07) is 10.2. The summed E-state index contributed by atoms with van der Waals surface area (Å²) in [7, 11) is 2.98. The van der Waals surface area contributed by atoms with Gasteiger partial charge in [-0.2, -0.15) is 0 Å². The smallest absolute Gasteiger partial charge is 0.329 e. The van der Waals surface area contributed by atoms with Gasteiger partial charge in [-0.25, -0.2) is 4.79 Å². The fourth-order valence-corrected chi connectivity index (χ4v) is 3.94. The molecule has 0 atom stereocenters. The number of H-pyrrole nitrogens is 1. The molecule has 0 saturated carbocycles. The zero-order chi connectivity index (χ0) is 22.0. The number of nitrogens with zero attached hydrogens (tertiary/aromatic N) is 2. The lowest BCUT2D eigenvalue weighted by Crippen LogP contribution is -2.36. The molecular weight excluding hydrogens is 398 g/mol. The Morgan fingerprint density at radius 2 is 1.61 bits per heavy atom. The van der Waals surface area contributed by atoms with Gasteiger partial charge in [-0.15, -0.1) is 0 Å². The summed E-state index contributed by atoms with van der Waals surface area (Å²) in [5.74, 6) is 0.857. The number of aromatic amines is 1. The highest BCUT2D eigenvalue weighted by Crippen LogP contribution is 2.29. The molecule has 0 spiro atoms. The fourth-order valence-electron chi connectivity index (χ4n) is 3.94. The van der Waals surface area contributed by atoms with E-state index in [1.165, 1.54) is 14.2 Å². The lowest BCUT2D eigenvalue weighted by atomic mass is 10.1. The lowest BCUT2D eigenvalue weighted by molar-refractivity contribution is 0.0724. The number of ether oxygens (including phenoxy) is 2. The molecule has 0 radical (unpaired) electrons.